The monoisotopic (exact) mass is 297 g/mol. The fourth-order valence-corrected chi connectivity index (χ4v) is 3.63. The summed E-state index contributed by atoms with van der Waals surface area (Å²) in [7, 11) is 0. The van der Waals surface area contributed by atoms with Gasteiger partial charge in [0.1, 0.15) is 5.82 Å². The van der Waals surface area contributed by atoms with Gasteiger partial charge in [0.2, 0.25) is 0 Å². The smallest absolute Gasteiger partial charge is 0.142 e. The van der Waals surface area contributed by atoms with Gasteiger partial charge in [-0.3, -0.25) is 9.80 Å². The number of rotatable bonds is 3. The maximum Gasteiger partial charge on any atom is 0.142 e. The zero-order chi connectivity index (χ0) is 14.1. The maximum absolute atomic E-state index is 13.7. The lowest BCUT2D eigenvalue weighted by Gasteiger charge is -2.41. The average Bonchev–Trinajstić information content (AvgIpc) is 2.91. The van der Waals surface area contributed by atoms with Crippen LogP contribution in [0.25, 0.3) is 0 Å². The third-order valence-electron chi connectivity index (χ3n) is 4.61. The molecule has 0 saturated carbocycles. The Hall–Kier alpha value is -0.680. The van der Waals surface area contributed by atoms with E-state index in [1.54, 1.807) is 6.07 Å². The van der Waals surface area contributed by atoms with E-state index in [-0.39, 0.29) is 16.9 Å². The van der Waals surface area contributed by atoms with E-state index >= 15 is 0 Å². The molecule has 1 aromatic carbocycles. The van der Waals surface area contributed by atoms with E-state index in [9.17, 15) is 4.39 Å². The summed E-state index contributed by atoms with van der Waals surface area (Å²) >= 11 is 5.76. The Bertz CT molecular complexity index is 482. The fourth-order valence-electron chi connectivity index (χ4n) is 3.51. The van der Waals surface area contributed by atoms with Gasteiger partial charge in [0.05, 0.1) is 5.02 Å². The van der Waals surface area contributed by atoms with Crippen LogP contribution in [0.3, 0.4) is 0 Å². The summed E-state index contributed by atoms with van der Waals surface area (Å²) in [6.07, 6.45) is 2.56. The molecular weight excluding hydrogens is 277 g/mol. The van der Waals surface area contributed by atoms with E-state index in [0.717, 1.165) is 25.2 Å². The van der Waals surface area contributed by atoms with Crippen LogP contribution in [0.4, 0.5) is 4.39 Å². The third-order valence-corrected chi connectivity index (χ3v) is 4.92. The number of piperazine rings is 1. The SMILES string of the molecule is NCC(c1ccc(Cl)c(F)c1)N1CCN2CCCC2C1. The van der Waals surface area contributed by atoms with Crippen molar-refractivity contribution in [2.24, 2.45) is 5.73 Å². The Labute approximate surface area is 124 Å². The van der Waals surface area contributed by atoms with Crippen molar-refractivity contribution >= 4 is 11.6 Å². The van der Waals surface area contributed by atoms with E-state index in [1.807, 2.05) is 6.07 Å². The molecule has 20 heavy (non-hydrogen) atoms. The van der Waals surface area contributed by atoms with Crippen molar-refractivity contribution in [3.63, 3.8) is 0 Å². The zero-order valence-electron chi connectivity index (χ0n) is 11.6. The molecule has 2 N–H and O–H groups in total. The van der Waals surface area contributed by atoms with E-state index in [4.69, 9.17) is 17.3 Å². The Morgan fingerprint density at radius 2 is 2.20 bits per heavy atom. The van der Waals surface area contributed by atoms with Crippen LogP contribution < -0.4 is 5.73 Å². The quantitative estimate of drug-likeness (QED) is 0.929. The molecule has 2 atom stereocenters. The molecule has 2 aliphatic rings. The second-order valence-electron chi connectivity index (χ2n) is 5.75. The molecule has 110 valence electrons. The van der Waals surface area contributed by atoms with E-state index in [0.29, 0.717) is 12.6 Å². The van der Waals surface area contributed by atoms with Gasteiger partial charge >= 0.3 is 0 Å². The van der Waals surface area contributed by atoms with Crippen molar-refractivity contribution < 1.29 is 4.39 Å². The predicted molar refractivity (Wildman–Crippen MR) is 79.4 cm³/mol. The van der Waals surface area contributed by atoms with Crippen LogP contribution in [0.15, 0.2) is 18.2 Å². The van der Waals surface area contributed by atoms with Crippen molar-refractivity contribution in [2.75, 3.05) is 32.7 Å². The second-order valence-corrected chi connectivity index (χ2v) is 6.16. The van der Waals surface area contributed by atoms with Crippen LogP contribution in [-0.4, -0.2) is 48.6 Å². The van der Waals surface area contributed by atoms with Gasteiger partial charge in [0.25, 0.3) is 0 Å². The van der Waals surface area contributed by atoms with Gasteiger partial charge in [-0.15, -0.1) is 0 Å². The minimum Gasteiger partial charge on any atom is -0.329 e. The minimum atomic E-state index is -0.359. The van der Waals surface area contributed by atoms with Crippen LogP contribution in [0.5, 0.6) is 0 Å². The molecule has 0 radical (unpaired) electrons. The third kappa shape index (κ3) is 2.70. The molecule has 5 heteroatoms. The topological polar surface area (TPSA) is 32.5 Å². The first kappa shape index (κ1) is 14.3. The first-order valence-electron chi connectivity index (χ1n) is 7.32. The number of hydrogen-bond acceptors (Lipinski definition) is 3. The number of nitrogens with zero attached hydrogens (tertiary/aromatic N) is 2. The first-order chi connectivity index (χ1) is 9.69. The lowest BCUT2D eigenvalue weighted by molar-refractivity contribution is 0.0736. The molecule has 0 amide bonds. The minimum absolute atomic E-state index is 0.0875. The van der Waals surface area contributed by atoms with Crippen LogP contribution >= 0.6 is 11.6 Å². The molecule has 2 unspecified atom stereocenters. The molecule has 2 heterocycles. The molecule has 0 aromatic heterocycles. The summed E-state index contributed by atoms with van der Waals surface area (Å²) in [4.78, 5) is 4.96. The molecule has 3 rings (SSSR count). The average molecular weight is 298 g/mol. The van der Waals surface area contributed by atoms with Crippen LogP contribution in [0.2, 0.25) is 5.02 Å². The van der Waals surface area contributed by atoms with Crippen molar-refractivity contribution in [1.29, 1.82) is 0 Å². The van der Waals surface area contributed by atoms with Crippen LogP contribution in [0.1, 0.15) is 24.4 Å². The Morgan fingerprint density at radius 1 is 1.35 bits per heavy atom. The number of halogens is 2. The Balaban J connectivity index is 1.77. The molecule has 0 aliphatic carbocycles. The van der Waals surface area contributed by atoms with Gasteiger partial charge in [-0.25, -0.2) is 4.39 Å². The zero-order valence-corrected chi connectivity index (χ0v) is 12.3. The number of fused-ring (bicyclic) bond motifs is 1. The number of nitrogens with two attached hydrogens (primary N) is 1. The Kier molecular flexibility index (Phi) is 4.26. The molecular formula is C15H21ClFN3. The second kappa shape index (κ2) is 5.98. The lowest BCUT2D eigenvalue weighted by atomic mass is 10.0. The summed E-state index contributed by atoms with van der Waals surface area (Å²) < 4.78 is 13.7. The Morgan fingerprint density at radius 3 is 2.95 bits per heavy atom. The van der Waals surface area contributed by atoms with Gasteiger partial charge in [0, 0.05) is 38.3 Å². The van der Waals surface area contributed by atoms with Gasteiger partial charge in [-0.05, 0) is 37.1 Å². The van der Waals surface area contributed by atoms with E-state index < -0.39 is 0 Å². The van der Waals surface area contributed by atoms with E-state index in [2.05, 4.69) is 9.80 Å². The van der Waals surface area contributed by atoms with Crippen molar-refractivity contribution in [3.8, 4) is 0 Å². The van der Waals surface area contributed by atoms with Crippen molar-refractivity contribution in [3.05, 3.63) is 34.6 Å². The largest absolute Gasteiger partial charge is 0.329 e. The molecule has 0 bridgehead atoms. The van der Waals surface area contributed by atoms with Crippen LogP contribution in [0, 0.1) is 5.82 Å². The summed E-state index contributed by atoms with van der Waals surface area (Å²) in [5, 5.41) is 0.171. The highest BCUT2D eigenvalue weighted by Crippen LogP contribution is 2.29. The normalized spacial score (nSPS) is 25.6. The van der Waals surface area contributed by atoms with Crippen molar-refractivity contribution in [2.45, 2.75) is 24.9 Å². The molecule has 1 aromatic rings. The van der Waals surface area contributed by atoms with Gasteiger partial charge in [0.15, 0.2) is 0 Å². The molecule has 3 nitrogen and oxygen atoms in total. The molecule has 2 fully saturated rings. The van der Waals surface area contributed by atoms with Gasteiger partial charge in [-0.1, -0.05) is 17.7 Å². The summed E-state index contributed by atoms with van der Waals surface area (Å²) in [5.74, 6) is -0.359. The summed E-state index contributed by atoms with van der Waals surface area (Å²) in [6, 6.07) is 5.78. The highest BCUT2D eigenvalue weighted by atomic mass is 35.5. The number of benzene rings is 1. The van der Waals surface area contributed by atoms with Gasteiger partial charge in [-0.2, -0.15) is 0 Å². The summed E-state index contributed by atoms with van der Waals surface area (Å²) in [5.41, 5.74) is 6.88. The van der Waals surface area contributed by atoms with Crippen molar-refractivity contribution in [1.82, 2.24) is 9.80 Å². The maximum atomic E-state index is 13.7. The predicted octanol–water partition coefficient (Wildman–Crippen LogP) is 2.26. The molecule has 2 saturated heterocycles. The highest BCUT2D eigenvalue weighted by molar-refractivity contribution is 6.30. The molecule has 2 aliphatic heterocycles. The van der Waals surface area contributed by atoms with Crippen LogP contribution in [-0.2, 0) is 0 Å². The number of hydrogen-bond donors (Lipinski definition) is 1. The fraction of sp³-hybridized carbons (Fsp3) is 0.600. The first-order valence-corrected chi connectivity index (χ1v) is 7.70. The van der Waals surface area contributed by atoms with Gasteiger partial charge < -0.3 is 5.73 Å². The molecule has 0 spiro atoms. The van der Waals surface area contributed by atoms with E-state index in [1.165, 1.54) is 25.5 Å². The standard InChI is InChI=1S/C15H21ClFN3/c16-13-4-3-11(8-14(13)17)15(9-18)20-7-6-19-5-1-2-12(19)10-20/h3-4,8,12,15H,1-2,5-7,9-10,18H2. The lowest BCUT2D eigenvalue weighted by Crippen LogP contribution is -2.52. The highest BCUT2D eigenvalue weighted by Gasteiger charge is 2.33. The summed E-state index contributed by atoms with van der Waals surface area (Å²) in [6.45, 7) is 4.86.